The molecule has 0 aromatic rings. The summed E-state index contributed by atoms with van der Waals surface area (Å²) in [4.78, 5) is 20.9. The first-order valence-electron chi connectivity index (χ1n) is 3.53. The van der Waals surface area contributed by atoms with E-state index in [0.717, 1.165) is 5.01 Å². The van der Waals surface area contributed by atoms with Gasteiger partial charge >= 0.3 is 5.97 Å². The van der Waals surface area contributed by atoms with Crippen LogP contribution in [0, 0.1) is 4.91 Å². The van der Waals surface area contributed by atoms with Crippen molar-refractivity contribution in [2.24, 2.45) is 5.29 Å². The number of β-amino-alcohol motifs (C(OH)–C–C–N with tert-alkyl or cyclic N) is 1. The van der Waals surface area contributed by atoms with Gasteiger partial charge in [0.25, 0.3) is 0 Å². The van der Waals surface area contributed by atoms with E-state index in [4.69, 9.17) is 10.2 Å². The Bertz CT molecular complexity index is 220. The van der Waals surface area contributed by atoms with Crippen molar-refractivity contribution in [1.82, 2.24) is 5.01 Å². The number of carboxylic acid groups (broad SMARTS) is 1. The lowest BCUT2D eigenvalue weighted by Gasteiger charge is -2.24. The summed E-state index contributed by atoms with van der Waals surface area (Å²) in [6.07, 6.45) is -0.752. The lowest BCUT2D eigenvalue weighted by molar-refractivity contribution is -0.148. The van der Waals surface area contributed by atoms with Crippen molar-refractivity contribution in [3.05, 3.63) is 4.91 Å². The van der Waals surface area contributed by atoms with Crippen LogP contribution in [0.5, 0.6) is 0 Å². The molecule has 1 fully saturated rings. The Morgan fingerprint density at radius 2 is 2.33 bits per heavy atom. The molecule has 0 bridgehead atoms. The molecule has 12 heavy (non-hydrogen) atoms. The molecule has 1 aliphatic heterocycles. The van der Waals surface area contributed by atoms with E-state index in [1.165, 1.54) is 6.92 Å². The maximum Gasteiger partial charge on any atom is 0.331 e. The van der Waals surface area contributed by atoms with Gasteiger partial charge in [0, 0.05) is 6.42 Å². The summed E-state index contributed by atoms with van der Waals surface area (Å²) in [5.74, 6) is -1.14. The minimum Gasteiger partial charge on any atom is -0.479 e. The highest BCUT2D eigenvalue weighted by atomic mass is 16.4. The van der Waals surface area contributed by atoms with Gasteiger partial charge in [0.1, 0.15) is 0 Å². The topological polar surface area (TPSA) is 90.2 Å². The molecule has 0 aromatic heterocycles. The maximum atomic E-state index is 10.7. The van der Waals surface area contributed by atoms with Crippen molar-refractivity contribution in [3.63, 3.8) is 0 Å². The number of aliphatic carboxylic acids is 1. The largest absolute Gasteiger partial charge is 0.479 e. The van der Waals surface area contributed by atoms with Crippen LogP contribution in [0.3, 0.4) is 0 Å². The van der Waals surface area contributed by atoms with Crippen LogP contribution in [0.15, 0.2) is 5.29 Å². The van der Waals surface area contributed by atoms with Gasteiger partial charge in [0.05, 0.1) is 17.9 Å². The summed E-state index contributed by atoms with van der Waals surface area (Å²) in [6.45, 7) is 1.36. The molecular weight excluding hydrogens is 164 g/mol. The molecule has 6 heteroatoms. The maximum absolute atomic E-state index is 10.7. The molecule has 0 spiro atoms. The SMILES string of the molecule is C[C@@]1(C(=O)O)C[C@@H](O)CN1N=O. The first kappa shape index (κ1) is 8.92. The number of aliphatic hydroxyl groups is 1. The molecule has 6 nitrogen and oxygen atoms in total. The predicted molar refractivity (Wildman–Crippen MR) is 39.2 cm³/mol. The van der Waals surface area contributed by atoms with Crippen LogP contribution in [-0.2, 0) is 4.79 Å². The Morgan fingerprint density at radius 1 is 1.75 bits per heavy atom. The highest BCUT2D eigenvalue weighted by molar-refractivity contribution is 5.78. The standard InChI is InChI=1S/C6H10N2O4/c1-6(5(10)11)2-4(9)3-8(6)7-12/h4,9H,2-3H2,1H3,(H,10,11)/t4-,6+/m1/s1. The van der Waals surface area contributed by atoms with Crippen LogP contribution in [0.2, 0.25) is 0 Å². The normalized spacial score (nSPS) is 35.2. The fourth-order valence-electron chi connectivity index (χ4n) is 1.35. The Morgan fingerprint density at radius 3 is 2.67 bits per heavy atom. The molecule has 0 aliphatic carbocycles. The van der Waals surface area contributed by atoms with Crippen molar-refractivity contribution in [2.45, 2.75) is 25.0 Å². The summed E-state index contributed by atoms with van der Waals surface area (Å²) < 4.78 is 0. The van der Waals surface area contributed by atoms with Gasteiger partial charge in [0.2, 0.25) is 0 Å². The van der Waals surface area contributed by atoms with E-state index < -0.39 is 17.6 Å². The number of nitroso groups, excluding NO2 is 1. The number of carbonyl (C=O) groups is 1. The Labute approximate surface area is 68.7 Å². The average molecular weight is 174 g/mol. The number of rotatable bonds is 2. The van der Waals surface area contributed by atoms with Gasteiger partial charge in [-0.2, -0.15) is 0 Å². The van der Waals surface area contributed by atoms with E-state index in [-0.39, 0.29) is 13.0 Å². The molecule has 2 N–H and O–H groups in total. The van der Waals surface area contributed by atoms with E-state index >= 15 is 0 Å². The minimum absolute atomic E-state index is 0.00764. The quantitative estimate of drug-likeness (QED) is 0.555. The molecule has 0 unspecified atom stereocenters. The molecule has 0 aromatic carbocycles. The molecule has 1 aliphatic rings. The second-order valence-corrected chi connectivity index (χ2v) is 3.10. The fraction of sp³-hybridized carbons (Fsp3) is 0.833. The smallest absolute Gasteiger partial charge is 0.331 e. The number of hydrogen-bond donors (Lipinski definition) is 2. The van der Waals surface area contributed by atoms with Crippen molar-refractivity contribution < 1.29 is 15.0 Å². The van der Waals surface area contributed by atoms with Crippen molar-refractivity contribution in [2.75, 3.05) is 6.54 Å². The molecule has 0 saturated carbocycles. The van der Waals surface area contributed by atoms with Crippen LogP contribution >= 0.6 is 0 Å². The zero-order valence-corrected chi connectivity index (χ0v) is 6.60. The average Bonchev–Trinajstić information content (AvgIpc) is 2.27. The number of hydrogen-bond acceptors (Lipinski definition) is 4. The van der Waals surface area contributed by atoms with E-state index in [1.54, 1.807) is 0 Å². The Kier molecular flexibility index (Phi) is 2.01. The molecule has 2 atom stereocenters. The number of aliphatic hydroxyl groups excluding tert-OH is 1. The molecule has 1 rings (SSSR count). The van der Waals surface area contributed by atoms with Crippen molar-refractivity contribution in [3.8, 4) is 0 Å². The Hall–Kier alpha value is -1.17. The van der Waals surface area contributed by atoms with Crippen LogP contribution in [0.1, 0.15) is 13.3 Å². The molecule has 1 saturated heterocycles. The van der Waals surface area contributed by atoms with Crippen LogP contribution in [0.4, 0.5) is 0 Å². The zero-order valence-electron chi connectivity index (χ0n) is 6.60. The first-order chi connectivity index (χ1) is 5.50. The number of carboxylic acids is 1. The molecule has 0 amide bonds. The van der Waals surface area contributed by atoms with Crippen LogP contribution < -0.4 is 0 Å². The number of nitrogens with zero attached hydrogens (tertiary/aromatic N) is 2. The molecule has 68 valence electrons. The van der Waals surface area contributed by atoms with Gasteiger partial charge in [0.15, 0.2) is 5.54 Å². The van der Waals surface area contributed by atoms with Crippen LogP contribution in [-0.4, -0.2) is 39.4 Å². The second-order valence-electron chi connectivity index (χ2n) is 3.10. The Balaban J connectivity index is 2.88. The van der Waals surface area contributed by atoms with Crippen molar-refractivity contribution >= 4 is 5.97 Å². The summed E-state index contributed by atoms with van der Waals surface area (Å²) in [6, 6.07) is 0. The monoisotopic (exact) mass is 174 g/mol. The summed E-state index contributed by atoms with van der Waals surface area (Å²) in [7, 11) is 0. The third-order valence-corrected chi connectivity index (χ3v) is 2.15. The van der Waals surface area contributed by atoms with E-state index in [2.05, 4.69) is 5.29 Å². The van der Waals surface area contributed by atoms with E-state index in [0.29, 0.717) is 0 Å². The van der Waals surface area contributed by atoms with Crippen molar-refractivity contribution in [1.29, 1.82) is 0 Å². The van der Waals surface area contributed by atoms with Gasteiger partial charge in [-0.1, -0.05) is 0 Å². The second kappa shape index (κ2) is 2.71. The van der Waals surface area contributed by atoms with E-state index in [1.807, 2.05) is 0 Å². The summed E-state index contributed by atoms with van der Waals surface area (Å²) >= 11 is 0. The van der Waals surface area contributed by atoms with Gasteiger partial charge in [-0.3, -0.25) is 0 Å². The van der Waals surface area contributed by atoms with Gasteiger partial charge in [-0.25, -0.2) is 9.80 Å². The molecule has 0 radical (unpaired) electrons. The summed E-state index contributed by atoms with van der Waals surface area (Å²) in [5, 5.41) is 21.3. The molecular formula is C6H10N2O4. The van der Waals surface area contributed by atoms with Gasteiger partial charge < -0.3 is 10.2 Å². The molecule has 1 heterocycles. The third kappa shape index (κ3) is 1.14. The lowest BCUT2D eigenvalue weighted by Crippen LogP contribution is -2.44. The van der Waals surface area contributed by atoms with Gasteiger partial charge in [-0.05, 0) is 6.92 Å². The minimum atomic E-state index is -1.35. The van der Waals surface area contributed by atoms with Crippen LogP contribution in [0.25, 0.3) is 0 Å². The lowest BCUT2D eigenvalue weighted by atomic mass is 10.00. The van der Waals surface area contributed by atoms with E-state index in [9.17, 15) is 9.70 Å². The summed E-state index contributed by atoms with van der Waals surface area (Å²) in [5.41, 5.74) is -1.35. The highest BCUT2D eigenvalue weighted by Gasteiger charge is 2.48. The zero-order chi connectivity index (χ0) is 9.35. The first-order valence-corrected chi connectivity index (χ1v) is 3.53. The third-order valence-electron chi connectivity index (χ3n) is 2.15. The predicted octanol–water partition coefficient (Wildman–Crippen LogP) is -0.422. The fourth-order valence-corrected chi connectivity index (χ4v) is 1.35. The van der Waals surface area contributed by atoms with Gasteiger partial charge in [-0.15, -0.1) is 4.91 Å². The highest BCUT2D eigenvalue weighted by Crippen LogP contribution is 2.29.